The van der Waals surface area contributed by atoms with Gasteiger partial charge in [-0.15, -0.1) is 0 Å². The summed E-state index contributed by atoms with van der Waals surface area (Å²) in [6, 6.07) is 5.75. The maximum Gasteiger partial charge on any atom is 0.191 e. The minimum atomic E-state index is -2.90. The zero-order valence-electron chi connectivity index (χ0n) is 12.6. The van der Waals surface area contributed by atoms with Crippen molar-refractivity contribution in [2.24, 2.45) is 4.99 Å². The number of hydrogen-bond donors (Lipinski definition) is 2. The van der Waals surface area contributed by atoms with Crippen LogP contribution in [-0.4, -0.2) is 46.1 Å². The van der Waals surface area contributed by atoms with E-state index in [-0.39, 0.29) is 17.5 Å². The number of aliphatic imine (C=N–C) groups is 1. The second-order valence-electron chi connectivity index (χ2n) is 5.14. The summed E-state index contributed by atoms with van der Waals surface area (Å²) in [5.41, 5.74) is 1.06. The van der Waals surface area contributed by atoms with E-state index in [0.717, 1.165) is 15.8 Å². The molecule has 1 aliphatic rings. The molecular weight excluding hydrogens is 370 g/mol. The normalized spacial score (nSPS) is 20.7. The van der Waals surface area contributed by atoms with Crippen molar-refractivity contribution in [3.05, 3.63) is 28.2 Å². The molecule has 2 N–H and O–H groups in total. The number of ether oxygens (including phenoxy) is 1. The van der Waals surface area contributed by atoms with Crippen LogP contribution < -0.4 is 15.4 Å². The summed E-state index contributed by atoms with van der Waals surface area (Å²) in [6.45, 7) is 0.585. The van der Waals surface area contributed by atoms with Crippen LogP contribution in [0.25, 0.3) is 0 Å². The molecule has 1 atom stereocenters. The fourth-order valence-electron chi connectivity index (χ4n) is 2.30. The molecule has 0 aromatic heterocycles. The number of methoxy groups -OCH3 is 1. The summed E-state index contributed by atoms with van der Waals surface area (Å²) < 4.78 is 29.0. The second-order valence-corrected chi connectivity index (χ2v) is 8.22. The molecule has 122 valence electrons. The third-order valence-corrected chi connectivity index (χ3v) is 5.86. The molecule has 8 heteroatoms. The summed E-state index contributed by atoms with van der Waals surface area (Å²) in [7, 11) is 0.399. The lowest BCUT2D eigenvalue weighted by molar-refractivity contribution is 0.412. The highest BCUT2D eigenvalue weighted by Gasteiger charge is 2.28. The molecule has 0 aliphatic carbocycles. The fourth-order valence-corrected chi connectivity index (χ4v) is 4.56. The highest BCUT2D eigenvalue weighted by Crippen LogP contribution is 2.25. The van der Waals surface area contributed by atoms with Crippen molar-refractivity contribution in [2.45, 2.75) is 19.0 Å². The molecule has 1 aromatic carbocycles. The van der Waals surface area contributed by atoms with Crippen molar-refractivity contribution in [1.29, 1.82) is 0 Å². The number of hydrogen-bond acceptors (Lipinski definition) is 4. The third-order valence-electron chi connectivity index (χ3n) is 3.47. The van der Waals surface area contributed by atoms with E-state index in [2.05, 4.69) is 31.6 Å². The Morgan fingerprint density at radius 2 is 2.27 bits per heavy atom. The maximum atomic E-state index is 11.5. The maximum absolute atomic E-state index is 11.5. The molecule has 0 bridgehead atoms. The smallest absolute Gasteiger partial charge is 0.191 e. The summed E-state index contributed by atoms with van der Waals surface area (Å²) in [5.74, 6) is 1.80. The molecule has 1 fully saturated rings. The van der Waals surface area contributed by atoms with E-state index in [1.165, 1.54) is 0 Å². The van der Waals surface area contributed by atoms with Crippen LogP contribution in [0.2, 0.25) is 0 Å². The Bertz CT molecular complexity index is 661. The van der Waals surface area contributed by atoms with E-state index >= 15 is 0 Å². The standard InChI is InChI=1S/C14H20BrN3O3S/c1-16-14(18-11-5-6-22(19,20)9-11)17-8-10-3-4-13(21-2)12(15)7-10/h3-4,7,11H,5-6,8-9H2,1-2H3,(H2,16,17,18). The van der Waals surface area contributed by atoms with Crippen molar-refractivity contribution >= 4 is 31.7 Å². The van der Waals surface area contributed by atoms with E-state index in [0.29, 0.717) is 18.9 Å². The number of sulfone groups is 1. The van der Waals surface area contributed by atoms with Crippen LogP contribution in [0.4, 0.5) is 0 Å². The number of benzene rings is 1. The van der Waals surface area contributed by atoms with Crippen molar-refractivity contribution in [3.63, 3.8) is 0 Å². The van der Waals surface area contributed by atoms with Gasteiger partial charge in [0.2, 0.25) is 0 Å². The van der Waals surface area contributed by atoms with Gasteiger partial charge in [-0.1, -0.05) is 6.07 Å². The minimum Gasteiger partial charge on any atom is -0.496 e. The van der Waals surface area contributed by atoms with Crippen molar-refractivity contribution in [3.8, 4) is 5.75 Å². The summed E-state index contributed by atoms with van der Waals surface area (Å²) in [4.78, 5) is 4.13. The van der Waals surface area contributed by atoms with Crippen molar-refractivity contribution in [1.82, 2.24) is 10.6 Å². The predicted octanol–water partition coefficient (Wildman–Crippen LogP) is 1.31. The van der Waals surface area contributed by atoms with Crippen LogP contribution in [0.15, 0.2) is 27.7 Å². The van der Waals surface area contributed by atoms with Gasteiger partial charge in [-0.25, -0.2) is 8.42 Å². The first-order valence-corrected chi connectivity index (χ1v) is 9.55. The Morgan fingerprint density at radius 1 is 1.50 bits per heavy atom. The summed E-state index contributed by atoms with van der Waals surface area (Å²) in [6.07, 6.45) is 0.622. The Labute approximate surface area is 139 Å². The van der Waals surface area contributed by atoms with Crippen LogP contribution in [0.3, 0.4) is 0 Å². The van der Waals surface area contributed by atoms with Crippen molar-refractivity contribution in [2.75, 3.05) is 25.7 Å². The van der Waals surface area contributed by atoms with Gasteiger partial charge in [-0.05, 0) is 40.0 Å². The SMILES string of the molecule is CN=C(NCc1ccc(OC)c(Br)c1)NC1CCS(=O)(=O)C1. The average molecular weight is 390 g/mol. The number of halogens is 1. The number of rotatable bonds is 4. The largest absolute Gasteiger partial charge is 0.496 e. The molecule has 1 saturated heterocycles. The lowest BCUT2D eigenvalue weighted by atomic mass is 10.2. The molecule has 22 heavy (non-hydrogen) atoms. The zero-order valence-corrected chi connectivity index (χ0v) is 15.0. The average Bonchev–Trinajstić information content (AvgIpc) is 2.82. The van der Waals surface area contributed by atoms with Gasteiger partial charge in [0.15, 0.2) is 15.8 Å². The Hall–Kier alpha value is -1.28. The molecule has 1 aromatic rings. The van der Waals surface area contributed by atoms with Crippen molar-refractivity contribution < 1.29 is 13.2 Å². The van der Waals surface area contributed by atoms with Crippen LogP contribution in [0.1, 0.15) is 12.0 Å². The highest BCUT2D eigenvalue weighted by molar-refractivity contribution is 9.10. The van der Waals surface area contributed by atoms with Gasteiger partial charge in [0, 0.05) is 19.6 Å². The van der Waals surface area contributed by atoms with Gasteiger partial charge >= 0.3 is 0 Å². The Kier molecular flexibility index (Phi) is 5.69. The van der Waals surface area contributed by atoms with Gasteiger partial charge in [0.05, 0.1) is 23.1 Å². The van der Waals surface area contributed by atoms with Gasteiger partial charge in [0.1, 0.15) is 5.75 Å². The molecule has 1 unspecified atom stereocenters. The second kappa shape index (κ2) is 7.32. The number of guanidine groups is 1. The Morgan fingerprint density at radius 3 is 2.82 bits per heavy atom. The monoisotopic (exact) mass is 389 g/mol. The Balaban J connectivity index is 1.90. The lowest BCUT2D eigenvalue weighted by Gasteiger charge is -2.16. The molecule has 0 radical (unpaired) electrons. The highest BCUT2D eigenvalue weighted by atomic mass is 79.9. The van der Waals surface area contributed by atoms with Gasteiger partial charge in [0.25, 0.3) is 0 Å². The molecule has 2 rings (SSSR count). The fraction of sp³-hybridized carbons (Fsp3) is 0.500. The number of nitrogens with zero attached hydrogens (tertiary/aromatic N) is 1. The van der Waals surface area contributed by atoms with Gasteiger partial charge < -0.3 is 15.4 Å². The zero-order chi connectivity index (χ0) is 16.2. The lowest BCUT2D eigenvalue weighted by Crippen LogP contribution is -2.43. The van der Waals surface area contributed by atoms with Crippen LogP contribution >= 0.6 is 15.9 Å². The van der Waals surface area contributed by atoms with Crippen LogP contribution in [-0.2, 0) is 16.4 Å². The molecule has 0 amide bonds. The summed E-state index contributed by atoms with van der Waals surface area (Å²) in [5, 5.41) is 6.34. The van der Waals surface area contributed by atoms with E-state index in [4.69, 9.17) is 4.74 Å². The first-order valence-electron chi connectivity index (χ1n) is 6.93. The summed E-state index contributed by atoms with van der Waals surface area (Å²) >= 11 is 3.45. The minimum absolute atomic E-state index is 0.0706. The van der Waals surface area contributed by atoms with Gasteiger partial charge in [-0.3, -0.25) is 4.99 Å². The quantitative estimate of drug-likeness (QED) is 0.599. The van der Waals surface area contributed by atoms with E-state index in [1.807, 2.05) is 18.2 Å². The molecule has 0 spiro atoms. The van der Waals surface area contributed by atoms with Gasteiger partial charge in [-0.2, -0.15) is 0 Å². The van der Waals surface area contributed by atoms with Crippen LogP contribution in [0, 0.1) is 0 Å². The van der Waals surface area contributed by atoms with Crippen LogP contribution in [0.5, 0.6) is 5.75 Å². The molecular formula is C14H20BrN3O3S. The van der Waals surface area contributed by atoms with E-state index in [9.17, 15) is 8.42 Å². The third kappa shape index (κ3) is 4.61. The molecule has 0 saturated carbocycles. The molecule has 6 nitrogen and oxygen atoms in total. The first-order chi connectivity index (χ1) is 10.4. The topological polar surface area (TPSA) is 79.8 Å². The van der Waals surface area contributed by atoms with E-state index in [1.54, 1.807) is 14.2 Å². The van der Waals surface area contributed by atoms with E-state index < -0.39 is 9.84 Å². The molecule has 1 aliphatic heterocycles. The number of nitrogens with one attached hydrogen (secondary N) is 2. The molecule has 1 heterocycles. The first kappa shape index (κ1) is 17.1. The predicted molar refractivity (Wildman–Crippen MR) is 91.1 cm³/mol.